The van der Waals surface area contributed by atoms with Gasteiger partial charge in [0, 0.05) is 12.2 Å². The average Bonchev–Trinajstić information content (AvgIpc) is 2.94. The fraction of sp³-hybridized carbons (Fsp3) is 0.286. The average molecular weight is 246 g/mol. The second kappa shape index (κ2) is 6.35. The first kappa shape index (κ1) is 12.8. The van der Waals surface area contributed by atoms with E-state index in [0.29, 0.717) is 6.61 Å². The number of furan rings is 1. The van der Waals surface area contributed by atoms with E-state index >= 15 is 0 Å². The van der Waals surface area contributed by atoms with Crippen molar-refractivity contribution in [2.24, 2.45) is 5.84 Å². The molecule has 0 bridgehead atoms. The Balaban J connectivity index is 2.28. The van der Waals surface area contributed by atoms with Crippen molar-refractivity contribution in [1.29, 1.82) is 0 Å². The lowest BCUT2D eigenvalue weighted by atomic mass is 9.98. The van der Waals surface area contributed by atoms with Gasteiger partial charge in [-0.2, -0.15) is 0 Å². The lowest BCUT2D eigenvalue weighted by molar-refractivity contribution is 0.0325. The molecule has 0 radical (unpaired) electrons. The summed E-state index contributed by atoms with van der Waals surface area (Å²) in [4.78, 5) is 0. The van der Waals surface area contributed by atoms with E-state index in [0.717, 1.165) is 11.1 Å². The summed E-state index contributed by atoms with van der Waals surface area (Å²) in [6.07, 6.45) is 3.17. The Labute approximate surface area is 107 Å². The van der Waals surface area contributed by atoms with Gasteiger partial charge in [0.15, 0.2) is 0 Å². The zero-order valence-corrected chi connectivity index (χ0v) is 10.4. The monoisotopic (exact) mass is 246 g/mol. The zero-order chi connectivity index (χ0) is 12.8. The van der Waals surface area contributed by atoms with Crippen molar-refractivity contribution in [2.75, 3.05) is 6.61 Å². The first-order chi connectivity index (χ1) is 8.86. The molecule has 0 aliphatic rings. The molecule has 18 heavy (non-hydrogen) atoms. The van der Waals surface area contributed by atoms with Crippen molar-refractivity contribution in [3.05, 3.63) is 60.1 Å². The number of rotatable bonds is 6. The van der Waals surface area contributed by atoms with Crippen LogP contribution in [0.25, 0.3) is 0 Å². The van der Waals surface area contributed by atoms with Crippen LogP contribution in [0.3, 0.4) is 0 Å². The molecular formula is C14H18N2O2. The number of nitrogens with two attached hydrogens (primary N) is 1. The van der Waals surface area contributed by atoms with Gasteiger partial charge >= 0.3 is 0 Å². The van der Waals surface area contributed by atoms with Crippen LogP contribution in [-0.2, 0) is 4.74 Å². The maximum Gasteiger partial charge on any atom is 0.103 e. The summed E-state index contributed by atoms with van der Waals surface area (Å²) in [5, 5.41) is 0. The van der Waals surface area contributed by atoms with Crippen molar-refractivity contribution >= 4 is 0 Å². The fourth-order valence-corrected chi connectivity index (χ4v) is 2.02. The van der Waals surface area contributed by atoms with E-state index in [-0.39, 0.29) is 12.1 Å². The van der Waals surface area contributed by atoms with Crippen molar-refractivity contribution < 1.29 is 9.15 Å². The lowest BCUT2D eigenvalue weighted by Gasteiger charge is -2.26. The highest BCUT2D eigenvalue weighted by atomic mass is 16.5. The third-order valence-electron chi connectivity index (χ3n) is 2.86. The van der Waals surface area contributed by atoms with Crippen molar-refractivity contribution in [2.45, 2.75) is 19.1 Å². The van der Waals surface area contributed by atoms with E-state index in [1.165, 1.54) is 0 Å². The Hall–Kier alpha value is -1.62. The molecule has 3 N–H and O–H groups in total. The Bertz CT molecular complexity index is 442. The molecule has 2 aromatic rings. The maximum absolute atomic E-state index is 5.82. The van der Waals surface area contributed by atoms with Crippen LogP contribution in [0.4, 0.5) is 0 Å². The van der Waals surface area contributed by atoms with Crippen LogP contribution in [0.15, 0.2) is 53.3 Å². The predicted molar refractivity (Wildman–Crippen MR) is 69.6 cm³/mol. The number of hydrazine groups is 1. The minimum Gasteiger partial charge on any atom is -0.472 e. The van der Waals surface area contributed by atoms with Gasteiger partial charge in [-0.15, -0.1) is 0 Å². The molecule has 1 heterocycles. The third kappa shape index (κ3) is 2.79. The normalized spacial score (nSPS) is 14.3. The summed E-state index contributed by atoms with van der Waals surface area (Å²) < 4.78 is 10.9. The largest absolute Gasteiger partial charge is 0.472 e. The van der Waals surface area contributed by atoms with Crippen LogP contribution in [-0.4, -0.2) is 6.61 Å². The summed E-state index contributed by atoms with van der Waals surface area (Å²) in [7, 11) is 0. The third-order valence-corrected chi connectivity index (χ3v) is 2.86. The molecule has 0 spiro atoms. The van der Waals surface area contributed by atoms with E-state index in [1.54, 1.807) is 12.5 Å². The standard InChI is InChI=1S/C14H18N2O2/c1-2-18-14(11-6-4-3-5-7-11)13(16-15)12-8-9-17-10-12/h3-10,13-14,16H,2,15H2,1H3. The van der Waals surface area contributed by atoms with Gasteiger partial charge in [-0.1, -0.05) is 30.3 Å². The molecule has 0 aliphatic heterocycles. The highest BCUT2D eigenvalue weighted by Gasteiger charge is 2.25. The van der Waals surface area contributed by atoms with E-state index < -0.39 is 0 Å². The number of nitrogens with one attached hydrogen (secondary N) is 1. The molecule has 4 heteroatoms. The van der Waals surface area contributed by atoms with E-state index in [1.807, 2.05) is 43.3 Å². The van der Waals surface area contributed by atoms with E-state index in [2.05, 4.69) is 5.43 Å². The molecular weight excluding hydrogens is 228 g/mol. The summed E-state index contributed by atoms with van der Waals surface area (Å²) >= 11 is 0. The minimum absolute atomic E-state index is 0.133. The number of hydrogen-bond acceptors (Lipinski definition) is 4. The molecule has 2 unspecified atom stereocenters. The Morgan fingerprint density at radius 3 is 2.56 bits per heavy atom. The van der Waals surface area contributed by atoms with Gasteiger partial charge in [0.1, 0.15) is 6.10 Å². The minimum atomic E-state index is -0.140. The lowest BCUT2D eigenvalue weighted by Crippen LogP contribution is -2.33. The second-order valence-corrected chi connectivity index (χ2v) is 3.99. The van der Waals surface area contributed by atoms with E-state index in [4.69, 9.17) is 15.0 Å². The molecule has 0 amide bonds. The SMILES string of the molecule is CCOC(c1ccccc1)C(NN)c1ccoc1. The van der Waals surface area contributed by atoms with Crippen molar-refractivity contribution in [3.63, 3.8) is 0 Å². The molecule has 1 aromatic heterocycles. The molecule has 0 fully saturated rings. The Morgan fingerprint density at radius 2 is 2.00 bits per heavy atom. The number of ether oxygens (including phenoxy) is 1. The molecule has 4 nitrogen and oxygen atoms in total. The number of benzene rings is 1. The van der Waals surface area contributed by atoms with Crippen molar-refractivity contribution in [3.8, 4) is 0 Å². The van der Waals surface area contributed by atoms with Crippen LogP contribution >= 0.6 is 0 Å². The van der Waals surface area contributed by atoms with Crippen molar-refractivity contribution in [1.82, 2.24) is 5.43 Å². The fourth-order valence-electron chi connectivity index (χ4n) is 2.02. The molecule has 0 saturated heterocycles. The van der Waals surface area contributed by atoms with Gasteiger partial charge in [0.05, 0.1) is 18.6 Å². The second-order valence-electron chi connectivity index (χ2n) is 3.99. The number of hydrogen-bond donors (Lipinski definition) is 2. The molecule has 0 saturated carbocycles. The molecule has 96 valence electrons. The van der Waals surface area contributed by atoms with Crippen LogP contribution in [0.5, 0.6) is 0 Å². The summed E-state index contributed by atoms with van der Waals surface area (Å²) in [5.41, 5.74) is 4.86. The van der Waals surface area contributed by atoms with Crippen LogP contribution in [0.1, 0.15) is 30.2 Å². The van der Waals surface area contributed by atoms with Gasteiger partial charge in [-0.25, -0.2) is 5.43 Å². The predicted octanol–water partition coefficient (Wildman–Crippen LogP) is 2.56. The summed E-state index contributed by atoms with van der Waals surface area (Å²) in [6.45, 7) is 2.59. The van der Waals surface area contributed by atoms with Crippen LogP contribution in [0.2, 0.25) is 0 Å². The first-order valence-corrected chi connectivity index (χ1v) is 6.01. The summed E-state index contributed by atoms with van der Waals surface area (Å²) in [5.74, 6) is 5.66. The van der Waals surface area contributed by atoms with Gasteiger partial charge in [-0.05, 0) is 18.6 Å². The van der Waals surface area contributed by atoms with Gasteiger partial charge in [-0.3, -0.25) is 5.84 Å². The van der Waals surface area contributed by atoms with Gasteiger partial charge in [0.2, 0.25) is 0 Å². The molecule has 1 aromatic carbocycles. The highest BCUT2D eigenvalue weighted by molar-refractivity contribution is 5.24. The van der Waals surface area contributed by atoms with Crippen LogP contribution in [0, 0.1) is 0 Å². The molecule has 0 aliphatic carbocycles. The van der Waals surface area contributed by atoms with Crippen LogP contribution < -0.4 is 11.3 Å². The topological polar surface area (TPSA) is 60.4 Å². The Morgan fingerprint density at radius 1 is 1.22 bits per heavy atom. The molecule has 2 atom stereocenters. The summed E-state index contributed by atoms with van der Waals surface area (Å²) in [6, 6.07) is 11.8. The smallest absolute Gasteiger partial charge is 0.103 e. The highest BCUT2D eigenvalue weighted by Crippen LogP contribution is 2.31. The van der Waals surface area contributed by atoms with E-state index in [9.17, 15) is 0 Å². The quantitative estimate of drug-likeness (QED) is 0.607. The molecule has 2 rings (SSSR count). The maximum atomic E-state index is 5.82. The van der Waals surface area contributed by atoms with Gasteiger partial charge in [0.25, 0.3) is 0 Å². The first-order valence-electron chi connectivity index (χ1n) is 6.01. The Kier molecular flexibility index (Phi) is 4.52. The van der Waals surface area contributed by atoms with Gasteiger partial charge < -0.3 is 9.15 Å². The zero-order valence-electron chi connectivity index (χ0n) is 10.4.